The summed E-state index contributed by atoms with van der Waals surface area (Å²) in [6, 6.07) is 6.16. The van der Waals surface area contributed by atoms with Crippen LogP contribution < -0.4 is 10.1 Å². The van der Waals surface area contributed by atoms with Crippen molar-refractivity contribution in [3.05, 3.63) is 46.1 Å². The number of amides is 1. The number of anilines is 1. The molecule has 1 aromatic heterocycles. The Hall–Kier alpha value is -1.81. The number of hydrogen-bond donors (Lipinski definition) is 1. The summed E-state index contributed by atoms with van der Waals surface area (Å²) in [5, 5.41) is 12.9. The Bertz CT molecular complexity index is 718. The van der Waals surface area contributed by atoms with Crippen LogP contribution in [0.25, 0.3) is 0 Å². The number of nitro groups is 1. The van der Waals surface area contributed by atoms with E-state index in [1.807, 2.05) is 0 Å². The first-order valence-electron chi connectivity index (χ1n) is 5.66. The molecular formula is C12H10N3NaO5S. The van der Waals surface area contributed by atoms with Crippen molar-refractivity contribution in [1.29, 1.82) is 0 Å². The number of benzene rings is 1. The first-order chi connectivity index (χ1) is 9.97. The van der Waals surface area contributed by atoms with Crippen LogP contribution in [-0.2, 0) is 4.79 Å². The van der Waals surface area contributed by atoms with Crippen LogP contribution in [0.5, 0.6) is 5.75 Å². The van der Waals surface area contributed by atoms with Gasteiger partial charge in [0.05, 0.1) is 10.5 Å². The van der Waals surface area contributed by atoms with E-state index >= 15 is 0 Å². The van der Waals surface area contributed by atoms with E-state index in [9.17, 15) is 19.7 Å². The van der Waals surface area contributed by atoms with Gasteiger partial charge >= 0.3 is 40.5 Å². The zero-order chi connectivity index (χ0) is 15.4. The van der Waals surface area contributed by atoms with Gasteiger partial charge in [0.2, 0.25) is 0 Å². The molecule has 0 aliphatic heterocycles. The number of ether oxygens (including phenoxy) is 1. The van der Waals surface area contributed by atoms with Crippen LogP contribution >= 0.6 is 11.3 Å². The number of nitrogens with zero attached hydrogens (tertiary/aromatic N) is 2. The van der Waals surface area contributed by atoms with E-state index in [4.69, 9.17) is 4.74 Å². The van der Waals surface area contributed by atoms with Crippen molar-refractivity contribution in [2.24, 2.45) is 0 Å². The first-order valence-corrected chi connectivity index (χ1v) is 6.48. The molecule has 1 N–H and O–H groups in total. The molecule has 10 heteroatoms. The van der Waals surface area contributed by atoms with Gasteiger partial charge in [-0.1, -0.05) is 12.1 Å². The summed E-state index contributed by atoms with van der Waals surface area (Å²) < 4.78 is 4.92. The number of carbonyl (C=O) groups excluding carboxylic acids is 2. The Labute approximate surface area is 150 Å². The Morgan fingerprint density at radius 3 is 2.64 bits per heavy atom. The summed E-state index contributed by atoms with van der Waals surface area (Å²) in [6.07, 6.45) is 1.05. The van der Waals surface area contributed by atoms with Crippen molar-refractivity contribution < 1.29 is 19.2 Å². The van der Waals surface area contributed by atoms with Gasteiger partial charge in [-0.25, -0.2) is 4.98 Å². The quantitative estimate of drug-likeness (QED) is 0.299. The molecule has 0 bridgehead atoms. The van der Waals surface area contributed by atoms with E-state index in [2.05, 4.69) is 10.3 Å². The van der Waals surface area contributed by atoms with Gasteiger partial charge in [0.1, 0.15) is 11.9 Å². The molecule has 1 heterocycles. The van der Waals surface area contributed by atoms with Gasteiger partial charge in [-0.05, 0) is 23.5 Å². The minimum absolute atomic E-state index is 0. The third kappa shape index (κ3) is 4.60. The van der Waals surface area contributed by atoms with Crippen molar-refractivity contribution in [3.8, 4) is 5.75 Å². The number of aromatic nitrogens is 1. The van der Waals surface area contributed by atoms with E-state index in [0.717, 1.165) is 17.5 Å². The molecule has 0 aliphatic carbocycles. The van der Waals surface area contributed by atoms with E-state index in [1.54, 1.807) is 12.1 Å². The summed E-state index contributed by atoms with van der Waals surface area (Å²) in [4.78, 5) is 36.8. The number of hydrogen-bond acceptors (Lipinski definition) is 7. The molecule has 0 aliphatic rings. The molecule has 0 saturated heterocycles. The Balaban J connectivity index is 0.00000242. The van der Waals surface area contributed by atoms with Crippen molar-refractivity contribution in [1.82, 2.24) is 4.98 Å². The van der Waals surface area contributed by atoms with Gasteiger partial charge < -0.3 is 4.74 Å². The normalized spacial score (nSPS) is 9.50. The number of carbonyl (C=O) groups is 2. The zero-order valence-corrected chi connectivity index (χ0v) is 11.5. The second-order valence-corrected chi connectivity index (χ2v) is 4.81. The molecule has 1 amide bonds. The van der Waals surface area contributed by atoms with E-state index in [-0.39, 0.29) is 51.0 Å². The molecule has 8 nitrogen and oxygen atoms in total. The second kappa shape index (κ2) is 7.99. The molecule has 0 spiro atoms. The molecule has 0 atom stereocenters. The van der Waals surface area contributed by atoms with E-state index in [0.29, 0.717) is 0 Å². The van der Waals surface area contributed by atoms with Crippen LogP contribution in [0, 0.1) is 10.1 Å². The predicted octanol–water partition coefficient (Wildman–Crippen LogP) is 1.58. The topological polar surface area (TPSA) is 111 Å². The molecule has 0 fully saturated rings. The minimum atomic E-state index is -0.597. The van der Waals surface area contributed by atoms with Gasteiger partial charge in [0.25, 0.3) is 5.91 Å². The maximum atomic E-state index is 12.1. The van der Waals surface area contributed by atoms with Crippen LogP contribution in [-0.4, -0.2) is 51.3 Å². The van der Waals surface area contributed by atoms with Crippen LogP contribution in [0.2, 0.25) is 0 Å². The van der Waals surface area contributed by atoms with Gasteiger partial charge in [0.15, 0.2) is 5.13 Å². The van der Waals surface area contributed by atoms with Gasteiger partial charge in [-0.3, -0.25) is 25.0 Å². The number of esters is 1. The third-order valence-electron chi connectivity index (χ3n) is 2.28. The molecule has 0 radical (unpaired) electrons. The Morgan fingerprint density at radius 2 is 2.05 bits per heavy atom. The van der Waals surface area contributed by atoms with E-state index in [1.165, 1.54) is 19.1 Å². The molecule has 22 heavy (non-hydrogen) atoms. The third-order valence-corrected chi connectivity index (χ3v) is 3.14. The van der Waals surface area contributed by atoms with Crippen molar-refractivity contribution in [2.45, 2.75) is 6.92 Å². The number of thiazole rings is 1. The summed E-state index contributed by atoms with van der Waals surface area (Å²) in [7, 11) is 0. The molecular weight excluding hydrogens is 321 g/mol. The standard InChI is InChI=1S/C12H9N3O5S.Na.H/c1-7(16)20-9-5-3-2-4-8(9)11(17)14-12-13-6-10(21-12)15(18)19;;/h2-6H,1H3,(H,13,14,17);;. The molecule has 0 unspecified atom stereocenters. The molecule has 2 aromatic rings. The first kappa shape index (κ1) is 18.2. The van der Waals surface area contributed by atoms with Gasteiger partial charge in [0, 0.05) is 6.92 Å². The maximum absolute atomic E-state index is 12.1. The van der Waals surface area contributed by atoms with Crippen molar-refractivity contribution in [2.75, 3.05) is 5.32 Å². The van der Waals surface area contributed by atoms with Gasteiger partial charge in [-0.15, -0.1) is 0 Å². The average molecular weight is 331 g/mol. The van der Waals surface area contributed by atoms with Crippen molar-refractivity contribution in [3.63, 3.8) is 0 Å². The Kier molecular flexibility index (Phi) is 6.62. The monoisotopic (exact) mass is 331 g/mol. The fraction of sp³-hybridized carbons (Fsp3) is 0.0833. The Morgan fingerprint density at radius 1 is 1.36 bits per heavy atom. The van der Waals surface area contributed by atoms with Gasteiger partial charge in [-0.2, -0.15) is 0 Å². The summed E-state index contributed by atoms with van der Waals surface area (Å²) >= 11 is 0.734. The molecule has 0 saturated carbocycles. The fourth-order valence-electron chi connectivity index (χ4n) is 1.47. The summed E-state index contributed by atoms with van der Waals surface area (Å²) in [5.74, 6) is -1.02. The van der Waals surface area contributed by atoms with Crippen LogP contribution in [0.4, 0.5) is 10.1 Å². The number of nitrogens with one attached hydrogen (secondary N) is 1. The molecule has 110 valence electrons. The number of para-hydroxylation sites is 1. The van der Waals surface area contributed by atoms with Crippen LogP contribution in [0.1, 0.15) is 17.3 Å². The van der Waals surface area contributed by atoms with Crippen LogP contribution in [0.15, 0.2) is 30.5 Å². The van der Waals surface area contributed by atoms with Crippen molar-refractivity contribution >= 4 is 62.9 Å². The zero-order valence-electron chi connectivity index (χ0n) is 10.7. The van der Waals surface area contributed by atoms with Crippen LogP contribution in [0.3, 0.4) is 0 Å². The average Bonchev–Trinajstić information content (AvgIpc) is 2.87. The van der Waals surface area contributed by atoms with E-state index < -0.39 is 16.8 Å². The number of rotatable bonds is 4. The SMILES string of the molecule is CC(=O)Oc1ccccc1C(=O)Nc1ncc([N+](=O)[O-])s1.[NaH]. The summed E-state index contributed by atoms with van der Waals surface area (Å²) in [5.41, 5.74) is 0.130. The molecule has 2 rings (SSSR count). The predicted molar refractivity (Wildman–Crippen MR) is 81.6 cm³/mol. The molecule has 1 aromatic carbocycles. The summed E-state index contributed by atoms with van der Waals surface area (Å²) in [6.45, 7) is 1.22. The fourth-order valence-corrected chi connectivity index (χ4v) is 2.10. The second-order valence-electron chi connectivity index (χ2n) is 3.80.